The van der Waals surface area contributed by atoms with Gasteiger partial charge in [-0.2, -0.15) is 0 Å². The minimum absolute atomic E-state index is 0.0241. The second-order valence-electron chi connectivity index (χ2n) is 3.61. The number of fused-ring (bicyclic) bond motifs is 1. The van der Waals surface area contributed by atoms with Gasteiger partial charge < -0.3 is 10.1 Å². The highest BCUT2D eigenvalue weighted by atomic mass is 79.9. The van der Waals surface area contributed by atoms with Crippen molar-refractivity contribution in [2.75, 3.05) is 0 Å². The number of hydrogen-bond acceptors (Lipinski definition) is 3. The molecular weight excluding hydrogens is 282 g/mol. The van der Waals surface area contributed by atoms with E-state index in [0.29, 0.717) is 5.69 Å². The summed E-state index contributed by atoms with van der Waals surface area (Å²) in [4.78, 5) is 11.0. The number of nitrogens with zero attached hydrogens (tertiary/aromatic N) is 2. The van der Waals surface area contributed by atoms with Crippen LogP contribution in [0.2, 0.25) is 0 Å². The number of H-pyrrole nitrogens is 1. The van der Waals surface area contributed by atoms with Crippen molar-refractivity contribution in [3.63, 3.8) is 0 Å². The molecule has 2 aromatic rings. The molecule has 0 amide bonds. The number of aromatic amines is 1. The van der Waals surface area contributed by atoms with Gasteiger partial charge in [0.15, 0.2) is 0 Å². The lowest BCUT2D eigenvalue weighted by atomic mass is 10.2. The van der Waals surface area contributed by atoms with Crippen LogP contribution < -0.4 is 10.6 Å². The summed E-state index contributed by atoms with van der Waals surface area (Å²) in [5.41, 5.74) is 1.32. The average Bonchev–Trinajstić information content (AvgIpc) is 2.87. The first kappa shape index (κ1) is 10.3. The van der Waals surface area contributed by atoms with Gasteiger partial charge in [-0.3, -0.25) is 0 Å². The van der Waals surface area contributed by atoms with E-state index >= 15 is 0 Å². The molecule has 4 nitrogen and oxygen atoms in total. The second kappa shape index (κ2) is 3.85. The fourth-order valence-electron chi connectivity index (χ4n) is 1.71. The molecule has 2 heterocycles. The molecule has 17 heavy (non-hydrogen) atoms. The lowest BCUT2D eigenvalue weighted by molar-refractivity contribution is 0.455. The smallest absolute Gasteiger partial charge is 0.236 e. The molecule has 84 valence electrons. The van der Waals surface area contributed by atoms with Gasteiger partial charge in [-0.25, -0.2) is 9.98 Å². The number of allylic oxidation sites excluding steroid dienone is 1. The monoisotopic (exact) mass is 289 g/mol. The zero-order chi connectivity index (χ0) is 11.8. The fourth-order valence-corrected chi connectivity index (χ4v) is 2.25. The van der Waals surface area contributed by atoms with E-state index in [9.17, 15) is 5.11 Å². The number of aromatic hydroxyl groups is 1. The molecule has 2 N–H and O–H groups in total. The third-order valence-corrected chi connectivity index (χ3v) is 3.37. The second-order valence-corrected chi connectivity index (χ2v) is 4.41. The Morgan fingerprint density at radius 1 is 1.29 bits per heavy atom. The van der Waals surface area contributed by atoms with Crippen molar-refractivity contribution in [1.29, 1.82) is 0 Å². The topological polar surface area (TPSA) is 61.3 Å². The van der Waals surface area contributed by atoms with Gasteiger partial charge >= 0.3 is 0 Å². The molecule has 0 atom stereocenters. The Balaban J connectivity index is 2.19. The van der Waals surface area contributed by atoms with Gasteiger partial charge in [-0.15, -0.1) is 0 Å². The maximum absolute atomic E-state index is 9.46. The SMILES string of the molecule is Oc1nc[nH]c1C=C1N=c2ccccc2=C1Br. The molecule has 1 aromatic heterocycles. The summed E-state index contributed by atoms with van der Waals surface area (Å²) in [6, 6.07) is 7.85. The van der Waals surface area contributed by atoms with E-state index in [-0.39, 0.29) is 5.88 Å². The van der Waals surface area contributed by atoms with Crippen LogP contribution in [0, 0.1) is 0 Å². The van der Waals surface area contributed by atoms with E-state index in [1.165, 1.54) is 6.33 Å². The van der Waals surface area contributed by atoms with Crippen molar-refractivity contribution >= 4 is 26.5 Å². The van der Waals surface area contributed by atoms with Gasteiger partial charge in [0.05, 0.1) is 21.9 Å². The van der Waals surface area contributed by atoms with Crippen molar-refractivity contribution in [3.05, 3.63) is 52.6 Å². The predicted octanol–water partition coefficient (Wildman–Crippen LogP) is 1.29. The Morgan fingerprint density at radius 2 is 2.12 bits per heavy atom. The largest absolute Gasteiger partial charge is 0.492 e. The molecule has 0 bridgehead atoms. The van der Waals surface area contributed by atoms with Crippen LogP contribution >= 0.6 is 15.9 Å². The normalized spacial score (nSPS) is 16.1. The van der Waals surface area contributed by atoms with Crippen molar-refractivity contribution in [1.82, 2.24) is 9.97 Å². The number of halogens is 1. The summed E-state index contributed by atoms with van der Waals surface area (Å²) >= 11 is 3.51. The Morgan fingerprint density at radius 3 is 2.82 bits per heavy atom. The molecule has 5 heteroatoms. The van der Waals surface area contributed by atoms with Crippen LogP contribution in [0.5, 0.6) is 5.88 Å². The van der Waals surface area contributed by atoms with Crippen LogP contribution in [0.3, 0.4) is 0 Å². The summed E-state index contributed by atoms with van der Waals surface area (Å²) in [5.74, 6) is -0.0241. The van der Waals surface area contributed by atoms with Gasteiger partial charge in [0.25, 0.3) is 0 Å². The van der Waals surface area contributed by atoms with Crippen LogP contribution in [0.1, 0.15) is 5.69 Å². The fraction of sp³-hybridized carbons (Fsp3) is 0. The van der Waals surface area contributed by atoms with Crippen molar-refractivity contribution < 1.29 is 5.11 Å². The molecule has 0 radical (unpaired) electrons. The zero-order valence-corrected chi connectivity index (χ0v) is 10.3. The number of aromatic nitrogens is 2. The molecule has 0 spiro atoms. The van der Waals surface area contributed by atoms with E-state index in [2.05, 4.69) is 30.9 Å². The van der Waals surface area contributed by atoms with E-state index in [1.54, 1.807) is 6.08 Å². The molecule has 0 saturated carbocycles. The molecule has 1 aliphatic heterocycles. The Kier molecular flexibility index (Phi) is 2.33. The van der Waals surface area contributed by atoms with Crippen molar-refractivity contribution in [3.8, 4) is 5.88 Å². The summed E-state index contributed by atoms with van der Waals surface area (Å²) in [7, 11) is 0. The van der Waals surface area contributed by atoms with Crippen LogP contribution in [0.4, 0.5) is 0 Å². The number of benzene rings is 1. The molecule has 0 unspecified atom stereocenters. The summed E-state index contributed by atoms with van der Waals surface area (Å²) in [6.07, 6.45) is 3.20. The van der Waals surface area contributed by atoms with Crippen molar-refractivity contribution in [2.24, 2.45) is 4.99 Å². The lowest BCUT2D eigenvalue weighted by Gasteiger charge is -1.94. The van der Waals surface area contributed by atoms with Crippen LogP contribution in [-0.4, -0.2) is 15.1 Å². The first-order chi connectivity index (χ1) is 8.25. The molecule has 1 aliphatic rings. The maximum atomic E-state index is 9.46. The summed E-state index contributed by atoms with van der Waals surface area (Å²) in [5, 5.41) is 11.4. The minimum Gasteiger partial charge on any atom is -0.492 e. The van der Waals surface area contributed by atoms with Gasteiger partial charge in [-0.05, 0) is 28.1 Å². The maximum Gasteiger partial charge on any atom is 0.236 e. The Hall–Kier alpha value is -1.88. The third kappa shape index (κ3) is 1.68. The summed E-state index contributed by atoms with van der Waals surface area (Å²) in [6.45, 7) is 0. The quantitative estimate of drug-likeness (QED) is 0.831. The standard InChI is InChI=1S/C12H8BrN3O/c13-11-7-3-1-2-4-8(7)16-9(11)5-10-12(17)15-6-14-10/h1-6,17H,(H,14,15). The highest BCUT2D eigenvalue weighted by Gasteiger charge is 2.11. The van der Waals surface area contributed by atoms with Crippen LogP contribution in [-0.2, 0) is 0 Å². The Labute approximate surface area is 105 Å². The van der Waals surface area contributed by atoms with E-state index < -0.39 is 0 Å². The van der Waals surface area contributed by atoms with E-state index in [4.69, 9.17) is 0 Å². The average molecular weight is 290 g/mol. The van der Waals surface area contributed by atoms with E-state index in [1.807, 2.05) is 24.3 Å². The number of hydrogen-bond donors (Lipinski definition) is 2. The molecule has 0 fully saturated rings. The van der Waals surface area contributed by atoms with Crippen LogP contribution in [0.25, 0.3) is 10.6 Å². The number of para-hydroxylation sites is 1. The number of nitrogens with one attached hydrogen (secondary N) is 1. The van der Waals surface area contributed by atoms with E-state index in [0.717, 1.165) is 20.8 Å². The predicted molar refractivity (Wildman–Crippen MR) is 67.8 cm³/mol. The first-order valence-corrected chi connectivity index (χ1v) is 5.83. The van der Waals surface area contributed by atoms with Gasteiger partial charge in [0.2, 0.25) is 5.88 Å². The zero-order valence-electron chi connectivity index (χ0n) is 8.68. The number of imidazole rings is 1. The molecule has 3 rings (SSSR count). The minimum atomic E-state index is -0.0241. The molecule has 0 aliphatic carbocycles. The highest BCUT2D eigenvalue weighted by Crippen LogP contribution is 2.24. The van der Waals surface area contributed by atoms with Gasteiger partial charge in [-0.1, -0.05) is 18.2 Å². The van der Waals surface area contributed by atoms with Gasteiger partial charge in [0.1, 0.15) is 5.69 Å². The summed E-state index contributed by atoms with van der Waals surface area (Å²) < 4.78 is 0.919. The first-order valence-electron chi connectivity index (χ1n) is 5.03. The van der Waals surface area contributed by atoms with Crippen LogP contribution in [0.15, 0.2) is 41.3 Å². The third-order valence-electron chi connectivity index (χ3n) is 2.54. The molecule has 1 aromatic carbocycles. The molecule has 0 saturated heterocycles. The Bertz CT molecular complexity index is 730. The molecular formula is C12H8BrN3O. The highest BCUT2D eigenvalue weighted by molar-refractivity contribution is 9.15. The lowest BCUT2D eigenvalue weighted by Crippen LogP contribution is -2.20. The van der Waals surface area contributed by atoms with Crippen molar-refractivity contribution in [2.45, 2.75) is 0 Å². The van der Waals surface area contributed by atoms with Gasteiger partial charge in [0, 0.05) is 5.22 Å². The number of rotatable bonds is 1.